The Balaban J connectivity index is 1.99. The van der Waals surface area contributed by atoms with Crippen LogP contribution in [0.4, 0.5) is 5.13 Å². The summed E-state index contributed by atoms with van der Waals surface area (Å²) in [6.45, 7) is 2.14. The van der Waals surface area contributed by atoms with Gasteiger partial charge in [-0.2, -0.15) is 0 Å². The fraction of sp³-hybridized carbons (Fsp3) is 0.417. The van der Waals surface area contributed by atoms with Crippen molar-refractivity contribution < 1.29 is 4.79 Å². The van der Waals surface area contributed by atoms with E-state index in [1.54, 1.807) is 10.6 Å². The fourth-order valence-corrected chi connectivity index (χ4v) is 2.37. The Morgan fingerprint density at radius 3 is 3.00 bits per heavy atom. The van der Waals surface area contributed by atoms with Crippen molar-refractivity contribution in [1.29, 1.82) is 0 Å². The topological polar surface area (TPSA) is 59.8 Å². The average molecular weight is 264 g/mol. The van der Waals surface area contributed by atoms with E-state index in [0.29, 0.717) is 10.8 Å². The average Bonchev–Trinajstić information content (AvgIpc) is 2.95. The number of carbonyl (C=O) groups excluding carboxylic acids is 1. The van der Waals surface area contributed by atoms with Crippen LogP contribution in [0.1, 0.15) is 35.3 Å². The summed E-state index contributed by atoms with van der Waals surface area (Å²) in [5, 5.41) is 12.3. The Morgan fingerprint density at radius 1 is 1.50 bits per heavy atom. The van der Waals surface area contributed by atoms with Crippen LogP contribution in [0.15, 0.2) is 18.3 Å². The number of unbranched alkanes of at least 4 members (excludes halogenated alkanes) is 1. The quantitative estimate of drug-likeness (QED) is 0.902. The molecule has 0 unspecified atom stereocenters. The summed E-state index contributed by atoms with van der Waals surface area (Å²) < 4.78 is 1.77. The van der Waals surface area contributed by atoms with Crippen molar-refractivity contribution in [2.24, 2.45) is 7.05 Å². The third-order valence-electron chi connectivity index (χ3n) is 2.61. The molecule has 1 amide bonds. The molecule has 5 nitrogen and oxygen atoms in total. The number of aryl methyl sites for hydroxylation is 2. The monoisotopic (exact) mass is 264 g/mol. The molecular formula is C12H16N4OS. The third-order valence-corrected chi connectivity index (χ3v) is 3.51. The summed E-state index contributed by atoms with van der Waals surface area (Å²) in [7, 11) is 1.84. The van der Waals surface area contributed by atoms with Crippen LogP contribution < -0.4 is 5.32 Å². The molecule has 2 heterocycles. The highest BCUT2D eigenvalue weighted by Gasteiger charge is 2.12. The number of nitrogens with zero attached hydrogens (tertiary/aromatic N) is 3. The molecule has 0 saturated carbocycles. The minimum absolute atomic E-state index is 0.152. The molecule has 0 aliphatic rings. The van der Waals surface area contributed by atoms with E-state index in [0.717, 1.165) is 24.3 Å². The van der Waals surface area contributed by atoms with Gasteiger partial charge in [0, 0.05) is 19.7 Å². The lowest BCUT2D eigenvalue weighted by Gasteiger charge is -2.01. The molecule has 2 aromatic heterocycles. The first-order valence-corrected chi connectivity index (χ1v) is 6.77. The number of hydrogen-bond donors (Lipinski definition) is 1. The van der Waals surface area contributed by atoms with Crippen molar-refractivity contribution in [2.45, 2.75) is 26.2 Å². The zero-order chi connectivity index (χ0) is 13.0. The van der Waals surface area contributed by atoms with Crippen molar-refractivity contribution >= 4 is 22.4 Å². The van der Waals surface area contributed by atoms with Crippen molar-refractivity contribution in [3.63, 3.8) is 0 Å². The first-order chi connectivity index (χ1) is 8.70. The second-order valence-electron chi connectivity index (χ2n) is 4.06. The molecular weight excluding hydrogens is 248 g/mol. The molecule has 18 heavy (non-hydrogen) atoms. The number of rotatable bonds is 5. The predicted molar refractivity (Wildman–Crippen MR) is 71.9 cm³/mol. The first-order valence-electron chi connectivity index (χ1n) is 5.95. The van der Waals surface area contributed by atoms with Crippen LogP contribution in [-0.4, -0.2) is 20.7 Å². The summed E-state index contributed by atoms with van der Waals surface area (Å²) in [5.74, 6) is -0.152. The minimum atomic E-state index is -0.152. The van der Waals surface area contributed by atoms with Crippen LogP contribution in [0.2, 0.25) is 0 Å². The molecule has 1 N–H and O–H groups in total. The van der Waals surface area contributed by atoms with Crippen LogP contribution in [0.5, 0.6) is 0 Å². The van der Waals surface area contributed by atoms with Gasteiger partial charge in [-0.25, -0.2) is 0 Å². The van der Waals surface area contributed by atoms with Gasteiger partial charge in [-0.3, -0.25) is 10.1 Å². The second kappa shape index (κ2) is 5.77. The van der Waals surface area contributed by atoms with E-state index in [2.05, 4.69) is 22.4 Å². The molecule has 2 aromatic rings. The summed E-state index contributed by atoms with van der Waals surface area (Å²) in [6, 6.07) is 3.61. The molecule has 0 radical (unpaired) electrons. The number of carbonyl (C=O) groups is 1. The molecule has 96 valence electrons. The van der Waals surface area contributed by atoms with Gasteiger partial charge in [-0.15, -0.1) is 10.2 Å². The van der Waals surface area contributed by atoms with E-state index in [-0.39, 0.29) is 5.91 Å². The van der Waals surface area contributed by atoms with Crippen LogP contribution in [0, 0.1) is 0 Å². The van der Waals surface area contributed by atoms with E-state index in [9.17, 15) is 4.79 Å². The number of amides is 1. The van der Waals surface area contributed by atoms with Crippen molar-refractivity contribution in [1.82, 2.24) is 14.8 Å². The zero-order valence-electron chi connectivity index (χ0n) is 10.5. The van der Waals surface area contributed by atoms with E-state index in [1.165, 1.54) is 11.3 Å². The van der Waals surface area contributed by atoms with Crippen LogP contribution in [0.3, 0.4) is 0 Å². The number of anilines is 1. The predicted octanol–water partition coefficient (Wildman–Crippen LogP) is 2.47. The Morgan fingerprint density at radius 2 is 2.33 bits per heavy atom. The summed E-state index contributed by atoms with van der Waals surface area (Å²) >= 11 is 1.44. The summed E-state index contributed by atoms with van der Waals surface area (Å²) in [4.78, 5) is 11.9. The molecule has 0 bridgehead atoms. The zero-order valence-corrected chi connectivity index (χ0v) is 11.3. The molecule has 0 spiro atoms. The van der Waals surface area contributed by atoms with E-state index in [1.807, 2.05) is 19.3 Å². The normalized spacial score (nSPS) is 10.6. The molecule has 6 heteroatoms. The molecule has 0 atom stereocenters. The first kappa shape index (κ1) is 12.8. The molecule has 0 aliphatic carbocycles. The van der Waals surface area contributed by atoms with Gasteiger partial charge in [0.15, 0.2) is 0 Å². The Labute approximate surface area is 110 Å². The maximum absolute atomic E-state index is 11.9. The van der Waals surface area contributed by atoms with E-state index >= 15 is 0 Å². The highest BCUT2D eigenvalue weighted by atomic mass is 32.1. The van der Waals surface area contributed by atoms with Crippen LogP contribution in [0.25, 0.3) is 0 Å². The van der Waals surface area contributed by atoms with E-state index < -0.39 is 0 Å². The molecule has 2 rings (SSSR count). The minimum Gasteiger partial charge on any atom is -0.347 e. The lowest BCUT2D eigenvalue weighted by Crippen LogP contribution is -2.15. The number of hydrogen-bond acceptors (Lipinski definition) is 4. The van der Waals surface area contributed by atoms with Crippen molar-refractivity contribution in [2.75, 3.05) is 5.32 Å². The van der Waals surface area contributed by atoms with Crippen LogP contribution in [-0.2, 0) is 13.5 Å². The SMILES string of the molecule is CCCCc1nnc(NC(=O)c2cccn2C)s1. The van der Waals surface area contributed by atoms with Crippen LogP contribution >= 0.6 is 11.3 Å². The van der Waals surface area contributed by atoms with Gasteiger partial charge in [-0.05, 0) is 18.6 Å². The van der Waals surface area contributed by atoms with Gasteiger partial charge < -0.3 is 4.57 Å². The standard InChI is InChI=1S/C12H16N4OS/c1-3-4-7-10-14-15-12(18-10)13-11(17)9-6-5-8-16(9)2/h5-6,8H,3-4,7H2,1-2H3,(H,13,15,17). The molecule has 0 saturated heterocycles. The van der Waals surface area contributed by atoms with Crippen molar-refractivity contribution in [3.8, 4) is 0 Å². The van der Waals surface area contributed by atoms with Gasteiger partial charge in [0.05, 0.1) is 0 Å². The van der Waals surface area contributed by atoms with Gasteiger partial charge in [0.2, 0.25) is 5.13 Å². The Hall–Kier alpha value is -1.69. The van der Waals surface area contributed by atoms with Gasteiger partial charge in [0.1, 0.15) is 10.7 Å². The maximum atomic E-state index is 11.9. The number of aromatic nitrogens is 3. The van der Waals surface area contributed by atoms with Gasteiger partial charge >= 0.3 is 0 Å². The summed E-state index contributed by atoms with van der Waals surface area (Å²) in [5.41, 5.74) is 0.611. The van der Waals surface area contributed by atoms with Gasteiger partial charge in [0.25, 0.3) is 5.91 Å². The maximum Gasteiger partial charge on any atom is 0.274 e. The Bertz CT molecular complexity index is 532. The molecule has 0 aliphatic heterocycles. The van der Waals surface area contributed by atoms with Gasteiger partial charge in [-0.1, -0.05) is 24.7 Å². The highest BCUT2D eigenvalue weighted by Crippen LogP contribution is 2.17. The largest absolute Gasteiger partial charge is 0.347 e. The van der Waals surface area contributed by atoms with Crippen molar-refractivity contribution in [3.05, 3.63) is 29.0 Å². The molecule has 0 fully saturated rings. The fourth-order valence-electron chi connectivity index (χ4n) is 1.59. The lowest BCUT2D eigenvalue weighted by molar-refractivity contribution is 0.101. The number of nitrogens with one attached hydrogen (secondary N) is 1. The molecule has 0 aromatic carbocycles. The third kappa shape index (κ3) is 2.95. The smallest absolute Gasteiger partial charge is 0.274 e. The Kier molecular flexibility index (Phi) is 4.09. The van der Waals surface area contributed by atoms with E-state index in [4.69, 9.17) is 0 Å². The second-order valence-corrected chi connectivity index (χ2v) is 5.13. The lowest BCUT2D eigenvalue weighted by atomic mass is 10.3. The highest BCUT2D eigenvalue weighted by molar-refractivity contribution is 7.15. The summed E-state index contributed by atoms with van der Waals surface area (Å²) in [6.07, 6.45) is 4.99.